The predicted molar refractivity (Wildman–Crippen MR) is 121 cm³/mol. The third-order valence-corrected chi connectivity index (χ3v) is 6.31. The minimum absolute atomic E-state index is 0.0275. The number of halogens is 2. The second kappa shape index (κ2) is 7.56. The third-order valence-electron chi connectivity index (χ3n) is 5.50. The molecule has 0 bridgehead atoms. The molecular weight excluding hydrogens is 470 g/mol. The number of amides is 1. The van der Waals surface area contributed by atoms with Crippen molar-refractivity contribution in [2.45, 2.75) is 25.7 Å². The first-order valence-corrected chi connectivity index (χ1v) is 10.9. The molecule has 2 heterocycles. The number of carbonyl (C=O) groups excluding carboxylic acids is 1. The van der Waals surface area contributed by atoms with E-state index < -0.39 is 0 Å². The quantitative estimate of drug-likeness (QED) is 0.378. The zero-order valence-electron chi connectivity index (χ0n) is 15.8. The van der Waals surface area contributed by atoms with Crippen LogP contribution in [-0.4, -0.2) is 15.9 Å². The van der Waals surface area contributed by atoms with Gasteiger partial charge in [-0.3, -0.25) is 9.59 Å². The Labute approximate surface area is 184 Å². The lowest BCUT2D eigenvalue weighted by atomic mass is 10.1. The number of rotatable bonds is 3. The first-order valence-electron chi connectivity index (χ1n) is 9.72. The molecule has 6 nitrogen and oxygen atoms in total. The van der Waals surface area contributed by atoms with E-state index in [9.17, 15) is 9.59 Å². The van der Waals surface area contributed by atoms with Gasteiger partial charge in [-0.15, -0.1) is 0 Å². The van der Waals surface area contributed by atoms with Gasteiger partial charge < -0.3 is 14.7 Å². The van der Waals surface area contributed by atoms with E-state index in [1.54, 1.807) is 24.3 Å². The zero-order chi connectivity index (χ0) is 20.8. The van der Waals surface area contributed by atoms with Crippen molar-refractivity contribution >= 4 is 61.2 Å². The first-order chi connectivity index (χ1) is 14.5. The molecule has 0 saturated heterocycles. The van der Waals surface area contributed by atoms with Crippen molar-refractivity contribution in [3.63, 3.8) is 0 Å². The van der Waals surface area contributed by atoms with E-state index in [2.05, 4.69) is 31.2 Å². The maximum atomic E-state index is 12.6. The van der Waals surface area contributed by atoms with E-state index in [0.29, 0.717) is 33.2 Å². The molecule has 1 aliphatic rings. The molecule has 1 fully saturated rings. The molecule has 2 aromatic heterocycles. The van der Waals surface area contributed by atoms with Crippen LogP contribution in [0.5, 0.6) is 0 Å². The Bertz CT molecular complexity index is 1360. The van der Waals surface area contributed by atoms with E-state index in [1.807, 2.05) is 12.1 Å². The van der Waals surface area contributed by atoms with Crippen LogP contribution in [0.15, 0.2) is 50.1 Å². The van der Waals surface area contributed by atoms with Crippen molar-refractivity contribution in [1.29, 1.82) is 0 Å². The Balaban J connectivity index is 1.53. The van der Waals surface area contributed by atoms with Gasteiger partial charge in [-0.05, 0) is 49.2 Å². The minimum Gasteiger partial charge on any atom is -0.449 e. The van der Waals surface area contributed by atoms with Gasteiger partial charge in [0.15, 0.2) is 0 Å². The van der Waals surface area contributed by atoms with Crippen LogP contribution < -0.4 is 10.9 Å². The SMILES string of the molecule is O=C(Nc1ccc(-c2nc3c(oc4ccc(Br)cc43)c(=O)[nH]2)c(Cl)c1)C1CCCC1. The molecule has 2 N–H and O–H groups in total. The highest BCUT2D eigenvalue weighted by Gasteiger charge is 2.23. The van der Waals surface area contributed by atoms with E-state index >= 15 is 0 Å². The highest BCUT2D eigenvalue weighted by molar-refractivity contribution is 9.10. The van der Waals surface area contributed by atoms with Gasteiger partial charge in [0.2, 0.25) is 11.5 Å². The maximum absolute atomic E-state index is 12.6. The molecule has 1 aliphatic carbocycles. The van der Waals surface area contributed by atoms with Gasteiger partial charge in [-0.25, -0.2) is 4.98 Å². The fourth-order valence-corrected chi connectivity index (χ4v) is 4.60. The number of benzene rings is 2. The largest absolute Gasteiger partial charge is 0.449 e. The Morgan fingerprint density at radius 3 is 2.77 bits per heavy atom. The minimum atomic E-state index is -0.378. The zero-order valence-corrected chi connectivity index (χ0v) is 18.1. The third kappa shape index (κ3) is 3.42. The molecular formula is C22H17BrClN3O3. The van der Waals surface area contributed by atoms with E-state index in [0.717, 1.165) is 35.5 Å². The summed E-state index contributed by atoms with van der Waals surface area (Å²) in [6.07, 6.45) is 4.05. The van der Waals surface area contributed by atoms with Crippen molar-refractivity contribution in [2.24, 2.45) is 5.92 Å². The summed E-state index contributed by atoms with van der Waals surface area (Å²) in [4.78, 5) is 32.3. The molecule has 1 amide bonds. The predicted octanol–water partition coefficient (Wildman–Crippen LogP) is 5.88. The van der Waals surface area contributed by atoms with Crippen molar-refractivity contribution in [3.05, 3.63) is 56.2 Å². The number of carbonyl (C=O) groups is 1. The lowest BCUT2D eigenvalue weighted by molar-refractivity contribution is -0.119. The number of anilines is 1. The number of fused-ring (bicyclic) bond motifs is 3. The van der Waals surface area contributed by atoms with Gasteiger partial charge in [0.1, 0.15) is 16.9 Å². The van der Waals surface area contributed by atoms with E-state index in [4.69, 9.17) is 16.0 Å². The van der Waals surface area contributed by atoms with Crippen LogP contribution in [0.1, 0.15) is 25.7 Å². The summed E-state index contributed by atoms with van der Waals surface area (Å²) >= 11 is 9.92. The van der Waals surface area contributed by atoms with Gasteiger partial charge in [0, 0.05) is 27.0 Å². The summed E-state index contributed by atoms with van der Waals surface area (Å²) in [6.45, 7) is 0. The fourth-order valence-electron chi connectivity index (χ4n) is 3.97. The molecule has 5 rings (SSSR count). The Hall–Kier alpha value is -2.64. The molecule has 1 saturated carbocycles. The molecule has 2 aromatic carbocycles. The number of nitrogens with zero attached hydrogens (tertiary/aromatic N) is 1. The lowest BCUT2D eigenvalue weighted by Gasteiger charge is -2.12. The molecule has 0 unspecified atom stereocenters. The van der Waals surface area contributed by atoms with Crippen LogP contribution in [0.4, 0.5) is 5.69 Å². The van der Waals surface area contributed by atoms with Crippen molar-refractivity contribution < 1.29 is 9.21 Å². The number of H-pyrrole nitrogens is 1. The first kappa shape index (κ1) is 19.3. The number of nitrogens with one attached hydrogen (secondary N) is 2. The Morgan fingerprint density at radius 2 is 2.00 bits per heavy atom. The van der Waals surface area contributed by atoms with Crippen LogP contribution in [0.2, 0.25) is 5.02 Å². The Morgan fingerprint density at radius 1 is 1.20 bits per heavy atom. The van der Waals surface area contributed by atoms with E-state index in [-0.39, 0.29) is 23.0 Å². The number of furan rings is 1. The molecule has 152 valence electrons. The van der Waals surface area contributed by atoms with Crippen LogP contribution in [0, 0.1) is 5.92 Å². The number of hydrogen-bond donors (Lipinski definition) is 2. The van der Waals surface area contributed by atoms with Crippen LogP contribution >= 0.6 is 27.5 Å². The van der Waals surface area contributed by atoms with E-state index in [1.165, 1.54) is 0 Å². The summed E-state index contributed by atoms with van der Waals surface area (Å²) in [5.74, 6) is 0.436. The topological polar surface area (TPSA) is 88.0 Å². The van der Waals surface area contributed by atoms with Gasteiger partial charge in [0.05, 0.1) is 5.02 Å². The van der Waals surface area contributed by atoms with Crippen molar-refractivity contribution in [1.82, 2.24) is 9.97 Å². The van der Waals surface area contributed by atoms with Crippen molar-refractivity contribution in [2.75, 3.05) is 5.32 Å². The average molecular weight is 487 g/mol. The van der Waals surface area contributed by atoms with Crippen LogP contribution in [0.25, 0.3) is 33.5 Å². The maximum Gasteiger partial charge on any atom is 0.294 e. The smallest absolute Gasteiger partial charge is 0.294 e. The monoisotopic (exact) mass is 485 g/mol. The van der Waals surface area contributed by atoms with Gasteiger partial charge in [-0.2, -0.15) is 0 Å². The molecule has 4 aromatic rings. The molecule has 0 atom stereocenters. The molecule has 8 heteroatoms. The summed E-state index contributed by atoms with van der Waals surface area (Å²) in [5.41, 5.74) is 2.04. The summed E-state index contributed by atoms with van der Waals surface area (Å²) in [7, 11) is 0. The second-order valence-corrected chi connectivity index (χ2v) is 8.82. The number of aromatic amines is 1. The lowest BCUT2D eigenvalue weighted by Crippen LogP contribution is -2.20. The summed E-state index contributed by atoms with van der Waals surface area (Å²) in [6, 6.07) is 10.7. The van der Waals surface area contributed by atoms with Crippen LogP contribution in [-0.2, 0) is 4.79 Å². The Kier molecular flexibility index (Phi) is 4.87. The van der Waals surface area contributed by atoms with Gasteiger partial charge >= 0.3 is 0 Å². The highest BCUT2D eigenvalue weighted by Crippen LogP contribution is 2.32. The molecule has 0 aliphatic heterocycles. The number of aromatic nitrogens is 2. The van der Waals surface area contributed by atoms with Crippen LogP contribution in [0.3, 0.4) is 0 Å². The summed E-state index contributed by atoms with van der Waals surface area (Å²) < 4.78 is 6.53. The highest BCUT2D eigenvalue weighted by atomic mass is 79.9. The van der Waals surface area contributed by atoms with Gasteiger partial charge in [-0.1, -0.05) is 40.4 Å². The number of hydrogen-bond acceptors (Lipinski definition) is 4. The average Bonchev–Trinajstić information content (AvgIpc) is 3.37. The fraction of sp³-hybridized carbons (Fsp3) is 0.227. The molecule has 0 radical (unpaired) electrons. The molecule has 0 spiro atoms. The summed E-state index contributed by atoms with van der Waals surface area (Å²) in [5, 5.41) is 4.06. The van der Waals surface area contributed by atoms with Gasteiger partial charge in [0.25, 0.3) is 5.56 Å². The standard InChI is InChI=1S/C22H17BrClN3O3/c23-12-5-8-17-15(9-12)18-19(30-17)22(29)27-20(26-18)14-7-6-13(10-16(14)24)25-21(28)11-3-1-2-4-11/h5-11H,1-4H2,(H,25,28)(H,26,27,29). The van der Waals surface area contributed by atoms with Crippen molar-refractivity contribution in [3.8, 4) is 11.4 Å². The normalized spacial score (nSPS) is 14.6. The molecule has 30 heavy (non-hydrogen) atoms. The second-order valence-electron chi connectivity index (χ2n) is 7.50.